The van der Waals surface area contributed by atoms with Crippen LogP contribution in [0.2, 0.25) is 0 Å². The van der Waals surface area contributed by atoms with E-state index in [0.717, 1.165) is 38.8 Å². The van der Waals surface area contributed by atoms with Crippen LogP contribution in [0.25, 0.3) is 0 Å². The molecule has 1 aliphatic heterocycles. The number of likely N-dealkylation sites (tertiary alicyclic amines) is 1. The summed E-state index contributed by atoms with van der Waals surface area (Å²) in [6.45, 7) is 1.23. The number of carbonyl (C=O) groups excluding carboxylic acids is 2. The zero-order valence-electron chi connectivity index (χ0n) is 13.4. The largest absolute Gasteiger partial charge is 0.341 e. The molecule has 130 valence electrons. The van der Waals surface area contributed by atoms with Crippen molar-refractivity contribution in [3.8, 4) is 0 Å². The Kier molecular flexibility index (Phi) is 4.97. The first-order chi connectivity index (χ1) is 11.6. The molecule has 5 nitrogen and oxygen atoms in total. The minimum absolute atomic E-state index is 0.0223. The van der Waals surface area contributed by atoms with Crippen LogP contribution in [-0.2, 0) is 11.3 Å². The van der Waals surface area contributed by atoms with Crippen LogP contribution < -0.4 is 5.32 Å². The highest BCUT2D eigenvalue weighted by Gasteiger charge is 2.34. The second kappa shape index (κ2) is 7.15. The molecule has 24 heavy (non-hydrogen) atoms. The molecule has 1 aromatic rings. The summed E-state index contributed by atoms with van der Waals surface area (Å²) >= 11 is 0. The molecule has 1 saturated carbocycles. The van der Waals surface area contributed by atoms with Crippen molar-refractivity contribution in [3.05, 3.63) is 35.4 Å². The van der Waals surface area contributed by atoms with Gasteiger partial charge in [0.15, 0.2) is 0 Å². The molecule has 2 aliphatic rings. The Balaban J connectivity index is 1.61. The first kappa shape index (κ1) is 16.7. The van der Waals surface area contributed by atoms with Gasteiger partial charge < -0.3 is 15.1 Å². The average Bonchev–Trinajstić information content (AvgIpc) is 3.24. The van der Waals surface area contributed by atoms with E-state index in [9.17, 15) is 18.4 Å². The van der Waals surface area contributed by atoms with Gasteiger partial charge in [0, 0.05) is 24.7 Å². The SMILES string of the molecule is O=C(CNC(=O)N(Cc1c(F)cccc1F)C1CC1)N1CCCC1. The zero-order valence-corrected chi connectivity index (χ0v) is 13.4. The maximum atomic E-state index is 13.8. The van der Waals surface area contributed by atoms with Crippen molar-refractivity contribution in [1.82, 2.24) is 15.1 Å². The molecular formula is C17H21F2N3O2. The van der Waals surface area contributed by atoms with Gasteiger partial charge in [-0.25, -0.2) is 13.6 Å². The Morgan fingerprint density at radius 2 is 1.79 bits per heavy atom. The summed E-state index contributed by atoms with van der Waals surface area (Å²) in [5, 5.41) is 2.59. The molecule has 1 N–H and O–H groups in total. The molecular weight excluding hydrogens is 316 g/mol. The number of hydrogen-bond acceptors (Lipinski definition) is 2. The molecule has 2 fully saturated rings. The van der Waals surface area contributed by atoms with Gasteiger partial charge in [-0.15, -0.1) is 0 Å². The van der Waals surface area contributed by atoms with E-state index in [4.69, 9.17) is 0 Å². The standard InChI is InChI=1S/C17H21F2N3O2/c18-14-4-3-5-15(19)13(14)11-22(12-6-7-12)17(24)20-10-16(23)21-8-1-2-9-21/h3-5,12H,1-2,6-11H2,(H,20,24). The number of nitrogens with one attached hydrogen (secondary N) is 1. The highest BCUT2D eigenvalue weighted by Crippen LogP contribution is 2.29. The third-order valence-corrected chi connectivity index (χ3v) is 4.49. The second-order valence-corrected chi connectivity index (χ2v) is 6.31. The summed E-state index contributed by atoms with van der Waals surface area (Å²) in [5.74, 6) is -1.45. The lowest BCUT2D eigenvalue weighted by atomic mass is 10.2. The van der Waals surface area contributed by atoms with Crippen molar-refractivity contribution in [2.75, 3.05) is 19.6 Å². The third-order valence-electron chi connectivity index (χ3n) is 4.49. The predicted octanol–water partition coefficient (Wildman–Crippen LogP) is 2.26. The Bertz CT molecular complexity index is 608. The molecule has 7 heteroatoms. The number of carbonyl (C=O) groups is 2. The average molecular weight is 337 g/mol. The van der Waals surface area contributed by atoms with Crippen LogP contribution in [0.4, 0.5) is 13.6 Å². The number of nitrogens with zero attached hydrogens (tertiary/aromatic N) is 2. The number of hydrogen-bond donors (Lipinski definition) is 1. The first-order valence-corrected chi connectivity index (χ1v) is 8.31. The van der Waals surface area contributed by atoms with Crippen LogP contribution in [0.5, 0.6) is 0 Å². The van der Waals surface area contributed by atoms with E-state index in [1.165, 1.54) is 23.1 Å². The van der Waals surface area contributed by atoms with Crippen LogP contribution in [0.3, 0.4) is 0 Å². The van der Waals surface area contributed by atoms with Gasteiger partial charge in [0.05, 0.1) is 13.1 Å². The van der Waals surface area contributed by atoms with Gasteiger partial charge in [0.2, 0.25) is 5.91 Å². The van der Waals surface area contributed by atoms with Crippen molar-refractivity contribution >= 4 is 11.9 Å². The molecule has 0 radical (unpaired) electrons. The quantitative estimate of drug-likeness (QED) is 0.896. The smallest absolute Gasteiger partial charge is 0.318 e. The van der Waals surface area contributed by atoms with Gasteiger partial charge in [-0.3, -0.25) is 4.79 Å². The van der Waals surface area contributed by atoms with E-state index in [0.29, 0.717) is 0 Å². The van der Waals surface area contributed by atoms with Crippen molar-refractivity contribution < 1.29 is 18.4 Å². The van der Waals surface area contributed by atoms with Crippen LogP contribution in [0.1, 0.15) is 31.2 Å². The number of rotatable bonds is 5. The lowest BCUT2D eigenvalue weighted by molar-refractivity contribution is -0.129. The fourth-order valence-electron chi connectivity index (χ4n) is 2.94. The van der Waals surface area contributed by atoms with Gasteiger partial charge in [0.1, 0.15) is 11.6 Å². The highest BCUT2D eigenvalue weighted by atomic mass is 19.1. The summed E-state index contributed by atoms with van der Waals surface area (Å²) in [6.07, 6.45) is 3.59. The molecule has 3 amide bonds. The van der Waals surface area contributed by atoms with E-state index in [2.05, 4.69) is 5.32 Å². The summed E-state index contributed by atoms with van der Waals surface area (Å²) in [5.41, 5.74) is -0.120. The maximum absolute atomic E-state index is 13.8. The topological polar surface area (TPSA) is 52.7 Å². The van der Waals surface area contributed by atoms with Crippen LogP contribution in [-0.4, -0.2) is 47.4 Å². The monoisotopic (exact) mass is 337 g/mol. The minimum atomic E-state index is -0.665. The van der Waals surface area contributed by atoms with E-state index >= 15 is 0 Å². The van der Waals surface area contributed by atoms with E-state index in [1.54, 1.807) is 4.90 Å². The van der Waals surface area contributed by atoms with Crippen LogP contribution in [0, 0.1) is 11.6 Å². The summed E-state index contributed by atoms with van der Waals surface area (Å²) in [4.78, 5) is 27.5. The van der Waals surface area contributed by atoms with Crippen LogP contribution >= 0.6 is 0 Å². The van der Waals surface area contributed by atoms with Crippen molar-refractivity contribution in [2.45, 2.75) is 38.3 Å². The molecule has 0 spiro atoms. The summed E-state index contributed by atoms with van der Waals surface area (Å²) < 4.78 is 27.6. The molecule has 0 unspecified atom stereocenters. The number of halogens is 2. The first-order valence-electron chi connectivity index (χ1n) is 8.31. The minimum Gasteiger partial charge on any atom is -0.341 e. The Hall–Kier alpha value is -2.18. The molecule has 1 saturated heterocycles. The Morgan fingerprint density at radius 3 is 2.38 bits per heavy atom. The van der Waals surface area contributed by atoms with E-state index < -0.39 is 17.7 Å². The predicted molar refractivity (Wildman–Crippen MR) is 84.1 cm³/mol. The van der Waals surface area contributed by atoms with Gasteiger partial charge in [0.25, 0.3) is 0 Å². The van der Waals surface area contributed by atoms with Gasteiger partial charge >= 0.3 is 6.03 Å². The molecule has 0 atom stereocenters. The molecule has 1 aliphatic carbocycles. The summed E-state index contributed by atoms with van der Waals surface area (Å²) in [6, 6.07) is 3.18. The molecule has 0 bridgehead atoms. The summed E-state index contributed by atoms with van der Waals surface area (Å²) in [7, 11) is 0. The van der Waals surface area contributed by atoms with Crippen LogP contribution in [0.15, 0.2) is 18.2 Å². The maximum Gasteiger partial charge on any atom is 0.318 e. The van der Waals surface area contributed by atoms with Crippen molar-refractivity contribution in [2.24, 2.45) is 0 Å². The Labute approximate surface area is 139 Å². The fourth-order valence-corrected chi connectivity index (χ4v) is 2.94. The molecule has 1 heterocycles. The second-order valence-electron chi connectivity index (χ2n) is 6.31. The molecule has 1 aromatic carbocycles. The molecule has 3 rings (SSSR count). The third kappa shape index (κ3) is 3.83. The number of urea groups is 1. The number of benzene rings is 1. The van der Waals surface area contributed by atoms with E-state index in [-0.39, 0.29) is 30.6 Å². The number of amides is 3. The van der Waals surface area contributed by atoms with Crippen molar-refractivity contribution in [3.63, 3.8) is 0 Å². The lowest BCUT2D eigenvalue weighted by Gasteiger charge is -2.24. The fraction of sp³-hybridized carbons (Fsp3) is 0.529. The Morgan fingerprint density at radius 1 is 1.17 bits per heavy atom. The molecule has 0 aromatic heterocycles. The lowest BCUT2D eigenvalue weighted by Crippen LogP contribution is -2.45. The van der Waals surface area contributed by atoms with Gasteiger partial charge in [-0.05, 0) is 37.8 Å². The van der Waals surface area contributed by atoms with Gasteiger partial charge in [-0.2, -0.15) is 0 Å². The van der Waals surface area contributed by atoms with E-state index in [1.807, 2.05) is 0 Å². The van der Waals surface area contributed by atoms with Crippen molar-refractivity contribution in [1.29, 1.82) is 0 Å². The highest BCUT2D eigenvalue weighted by molar-refractivity contribution is 5.84. The normalized spacial score (nSPS) is 17.0. The zero-order chi connectivity index (χ0) is 17.1. The van der Waals surface area contributed by atoms with Gasteiger partial charge in [-0.1, -0.05) is 6.07 Å².